The van der Waals surface area contributed by atoms with Gasteiger partial charge in [0.15, 0.2) is 6.04 Å². The molecule has 0 unspecified atom stereocenters. The number of halogens is 3. The molecule has 26 heavy (non-hydrogen) atoms. The molecule has 2 rings (SSSR count). The number of alkyl halides is 2. The molecular formula is C15H17F3N4O4. The minimum atomic E-state index is -2.80. The van der Waals surface area contributed by atoms with Crippen molar-refractivity contribution in [2.75, 3.05) is 36.5 Å². The lowest BCUT2D eigenvalue weighted by molar-refractivity contribution is -0.128. The third kappa shape index (κ3) is 4.92. The van der Waals surface area contributed by atoms with Crippen molar-refractivity contribution < 1.29 is 32.3 Å². The van der Waals surface area contributed by atoms with E-state index in [1.54, 1.807) is 0 Å². The Balaban J connectivity index is 2.09. The van der Waals surface area contributed by atoms with Crippen molar-refractivity contribution in [3.8, 4) is 0 Å². The van der Waals surface area contributed by atoms with Gasteiger partial charge in [0, 0.05) is 12.2 Å². The maximum absolute atomic E-state index is 14.2. The van der Waals surface area contributed by atoms with Crippen LogP contribution in [0.25, 0.3) is 0 Å². The number of morpholine rings is 1. The molecule has 1 fully saturated rings. The van der Waals surface area contributed by atoms with E-state index in [0.717, 1.165) is 6.07 Å². The maximum Gasteiger partial charge on any atom is 0.253 e. The van der Waals surface area contributed by atoms with Gasteiger partial charge in [-0.2, -0.15) is 0 Å². The van der Waals surface area contributed by atoms with Crippen molar-refractivity contribution in [1.29, 1.82) is 0 Å². The summed E-state index contributed by atoms with van der Waals surface area (Å²) in [5.74, 6) is -3.46. The summed E-state index contributed by atoms with van der Waals surface area (Å²) in [6, 6.07) is 1.87. The molecule has 11 heteroatoms. The zero-order chi connectivity index (χ0) is 19.3. The van der Waals surface area contributed by atoms with E-state index in [9.17, 15) is 27.6 Å². The van der Waals surface area contributed by atoms with E-state index in [0.29, 0.717) is 6.61 Å². The number of carbonyl (C=O) groups is 3. The van der Waals surface area contributed by atoms with Crippen molar-refractivity contribution in [1.82, 2.24) is 5.32 Å². The molecule has 0 radical (unpaired) electrons. The number of nitrogens with zero attached hydrogens (tertiary/aromatic N) is 1. The highest BCUT2D eigenvalue weighted by Gasteiger charge is 2.26. The predicted octanol–water partition coefficient (Wildman–Crippen LogP) is -0.164. The average molecular weight is 374 g/mol. The first-order valence-corrected chi connectivity index (χ1v) is 7.59. The number of primary amides is 1. The molecule has 1 saturated heterocycles. The van der Waals surface area contributed by atoms with Gasteiger partial charge < -0.3 is 20.7 Å². The van der Waals surface area contributed by atoms with E-state index >= 15 is 0 Å². The number of nitrogens with one attached hydrogen (secondary N) is 2. The molecule has 1 atom stereocenters. The SMILES string of the molecule is NC(=O)[C@H](NCC(F)F)C(=O)Nc1ccc(N2CCOCC2=O)cc1F. The molecule has 1 aromatic rings. The highest BCUT2D eigenvalue weighted by atomic mass is 19.3. The second-order valence-corrected chi connectivity index (χ2v) is 5.39. The van der Waals surface area contributed by atoms with Crippen LogP contribution in [0, 0.1) is 5.82 Å². The fourth-order valence-corrected chi connectivity index (χ4v) is 2.30. The van der Waals surface area contributed by atoms with Crippen molar-refractivity contribution in [2.45, 2.75) is 12.5 Å². The number of carbonyl (C=O) groups excluding carboxylic acids is 3. The summed E-state index contributed by atoms with van der Waals surface area (Å²) in [6.45, 7) is -0.481. The minimum absolute atomic E-state index is 0.115. The third-order valence-electron chi connectivity index (χ3n) is 3.53. The topological polar surface area (TPSA) is 114 Å². The fraction of sp³-hybridized carbons (Fsp3) is 0.400. The van der Waals surface area contributed by atoms with Gasteiger partial charge in [-0.1, -0.05) is 0 Å². The molecular weight excluding hydrogens is 357 g/mol. The van der Waals surface area contributed by atoms with Crippen LogP contribution < -0.4 is 21.3 Å². The minimum Gasteiger partial charge on any atom is -0.370 e. The van der Waals surface area contributed by atoms with E-state index in [2.05, 4.69) is 5.32 Å². The van der Waals surface area contributed by atoms with Gasteiger partial charge in [0.1, 0.15) is 12.4 Å². The number of hydrogen-bond donors (Lipinski definition) is 3. The third-order valence-corrected chi connectivity index (χ3v) is 3.53. The number of anilines is 2. The Hall–Kier alpha value is -2.66. The highest BCUT2D eigenvalue weighted by Crippen LogP contribution is 2.23. The van der Waals surface area contributed by atoms with Crippen LogP contribution >= 0.6 is 0 Å². The molecule has 0 saturated carbocycles. The zero-order valence-electron chi connectivity index (χ0n) is 13.5. The summed E-state index contributed by atoms with van der Waals surface area (Å²) in [4.78, 5) is 36.3. The van der Waals surface area contributed by atoms with Crippen LogP contribution in [0.4, 0.5) is 24.5 Å². The van der Waals surface area contributed by atoms with Crippen LogP contribution in [0.1, 0.15) is 0 Å². The first kappa shape index (κ1) is 19.7. The Bertz CT molecular complexity index is 701. The summed E-state index contributed by atoms with van der Waals surface area (Å²) in [5.41, 5.74) is 4.98. The van der Waals surface area contributed by atoms with Gasteiger partial charge in [0.25, 0.3) is 18.2 Å². The molecule has 1 aliphatic rings. The number of ether oxygens (including phenoxy) is 1. The quantitative estimate of drug-likeness (QED) is 0.574. The fourth-order valence-electron chi connectivity index (χ4n) is 2.30. The van der Waals surface area contributed by atoms with Crippen LogP contribution in [-0.2, 0) is 19.1 Å². The van der Waals surface area contributed by atoms with Crippen molar-refractivity contribution in [3.63, 3.8) is 0 Å². The largest absolute Gasteiger partial charge is 0.370 e. The monoisotopic (exact) mass is 374 g/mol. The lowest BCUT2D eigenvalue weighted by atomic mass is 10.2. The number of benzene rings is 1. The van der Waals surface area contributed by atoms with Crippen molar-refractivity contribution in [3.05, 3.63) is 24.0 Å². The molecule has 8 nitrogen and oxygen atoms in total. The first-order chi connectivity index (χ1) is 12.3. The van der Waals surface area contributed by atoms with Gasteiger partial charge in [0.2, 0.25) is 5.91 Å². The molecule has 0 aromatic heterocycles. The maximum atomic E-state index is 14.2. The summed E-state index contributed by atoms with van der Waals surface area (Å²) < 4.78 is 43.6. The van der Waals surface area contributed by atoms with Gasteiger partial charge in [-0.3, -0.25) is 19.7 Å². The van der Waals surface area contributed by atoms with Gasteiger partial charge in [0.05, 0.1) is 18.8 Å². The lowest BCUT2D eigenvalue weighted by Crippen LogP contribution is -2.51. The molecule has 4 N–H and O–H groups in total. The van der Waals surface area contributed by atoms with Crippen LogP contribution in [0.2, 0.25) is 0 Å². The number of rotatable bonds is 7. The van der Waals surface area contributed by atoms with Gasteiger partial charge in [-0.15, -0.1) is 0 Å². The predicted molar refractivity (Wildman–Crippen MR) is 85.2 cm³/mol. The second kappa shape index (κ2) is 8.63. The molecule has 0 spiro atoms. The van der Waals surface area contributed by atoms with E-state index in [4.69, 9.17) is 10.5 Å². The van der Waals surface area contributed by atoms with E-state index in [1.807, 2.05) is 5.32 Å². The summed E-state index contributed by atoms with van der Waals surface area (Å²) in [5, 5.41) is 4.11. The normalized spacial score (nSPS) is 15.8. The summed E-state index contributed by atoms with van der Waals surface area (Å²) >= 11 is 0. The molecule has 3 amide bonds. The molecule has 1 heterocycles. The first-order valence-electron chi connectivity index (χ1n) is 7.59. The van der Waals surface area contributed by atoms with E-state index < -0.39 is 36.6 Å². The Morgan fingerprint density at radius 2 is 2.08 bits per heavy atom. The smallest absolute Gasteiger partial charge is 0.253 e. The van der Waals surface area contributed by atoms with Gasteiger partial charge in [-0.25, -0.2) is 13.2 Å². The van der Waals surface area contributed by atoms with Crippen molar-refractivity contribution >= 4 is 29.1 Å². The van der Waals surface area contributed by atoms with E-state index in [1.165, 1.54) is 17.0 Å². The summed E-state index contributed by atoms with van der Waals surface area (Å²) in [7, 11) is 0. The Labute approximate surface area is 146 Å². The number of amides is 3. The number of hydrogen-bond acceptors (Lipinski definition) is 5. The molecule has 0 bridgehead atoms. The lowest BCUT2D eigenvalue weighted by Gasteiger charge is -2.27. The van der Waals surface area contributed by atoms with Gasteiger partial charge in [-0.05, 0) is 18.2 Å². The van der Waals surface area contributed by atoms with Crippen LogP contribution in [-0.4, -0.2) is 56.5 Å². The number of nitrogens with two attached hydrogens (primary N) is 1. The molecule has 0 aliphatic carbocycles. The Morgan fingerprint density at radius 3 is 2.65 bits per heavy atom. The van der Waals surface area contributed by atoms with Crippen molar-refractivity contribution in [2.24, 2.45) is 5.73 Å². The van der Waals surface area contributed by atoms with Crippen LogP contribution in [0.3, 0.4) is 0 Å². The molecule has 1 aliphatic heterocycles. The standard InChI is InChI=1S/C15H17F3N4O4/c16-9-5-8(22-3-4-26-7-12(22)23)1-2-10(9)21-15(25)13(14(19)24)20-6-11(17)18/h1-2,5,11,13,20H,3-4,6-7H2,(H2,19,24)(H,21,25)/t13-/m0/s1. The second-order valence-electron chi connectivity index (χ2n) is 5.39. The average Bonchev–Trinajstić information content (AvgIpc) is 2.56. The molecule has 1 aromatic carbocycles. The van der Waals surface area contributed by atoms with Gasteiger partial charge >= 0.3 is 0 Å². The highest BCUT2D eigenvalue weighted by molar-refractivity contribution is 6.09. The summed E-state index contributed by atoms with van der Waals surface area (Å²) in [6.07, 6.45) is -2.80. The zero-order valence-corrected chi connectivity index (χ0v) is 13.5. The Kier molecular flexibility index (Phi) is 6.52. The Morgan fingerprint density at radius 1 is 1.35 bits per heavy atom. The molecule has 142 valence electrons. The van der Waals surface area contributed by atoms with Crippen LogP contribution in [0.15, 0.2) is 18.2 Å². The van der Waals surface area contributed by atoms with E-state index in [-0.39, 0.29) is 30.4 Å². The van der Waals surface area contributed by atoms with Crippen LogP contribution in [0.5, 0.6) is 0 Å².